The van der Waals surface area contributed by atoms with Crippen LogP contribution < -0.4 is 5.73 Å². The number of aliphatic hydroxyl groups is 1. The smallest absolute Gasteiger partial charge is 0.115 e. The second-order valence-corrected chi connectivity index (χ2v) is 5.47. The number of hydrogen-bond acceptors (Lipinski definition) is 6. The maximum atomic E-state index is 9.41. The summed E-state index contributed by atoms with van der Waals surface area (Å²) in [6.07, 6.45) is 0. The summed E-state index contributed by atoms with van der Waals surface area (Å²) >= 11 is 1.56. The van der Waals surface area contributed by atoms with Gasteiger partial charge in [-0.2, -0.15) is 0 Å². The molecule has 20 heavy (non-hydrogen) atoms. The minimum absolute atomic E-state index is 0.0481. The average molecular weight is 293 g/mol. The zero-order valence-corrected chi connectivity index (χ0v) is 12.2. The third-order valence-electron chi connectivity index (χ3n) is 3.11. The Morgan fingerprint density at radius 2 is 2.05 bits per heavy atom. The SMILES string of the molecule is CN(CCO)C(c1ccc(O)cc1)c1nc(CN)cs1. The summed E-state index contributed by atoms with van der Waals surface area (Å²) in [6, 6.07) is 7.02. The number of nitrogens with zero attached hydrogens (tertiary/aromatic N) is 2. The molecule has 108 valence electrons. The van der Waals surface area contributed by atoms with Crippen LogP contribution in [0.15, 0.2) is 29.6 Å². The first-order valence-corrected chi connectivity index (χ1v) is 7.28. The molecule has 0 amide bonds. The Kier molecular flexibility index (Phi) is 5.08. The molecule has 0 fully saturated rings. The maximum absolute atomic E-state index is 9.41. The van der Waals surface area contributed by atoms with Gasteiger partial charge in [0.15, 0.2) is 0 Å². The highest BCUT2D eigenvalue weighted by Gasteiger charge is 2.22. The molecule has 0 aliphatic heterocycles. The molecular weight excluding hydrogens is 274 g/mol. The van der Waals surface area contributed by atoms with Crippen LogP contribution in [0.2, 0.25) is 0 Å². The molecule has 0 spiro atoms. The third kappa shape index (κ3) is 3.34. The van der Waals surface area contributed by atoms with Crippen LogP contribution in [0, 0.1) is 0 Å². The number of aromatic hydroxyl groups is 1. The zero-order valence-electron chi connectivity index (χ0n) is 11.4. The van der Waals surface area contributed by atoms with Gasteiger partial charge in [-0.25, -0.2) is 4.98 Å². The van der Waals surface area contributed by atoms with Gasteiger partial charge in [-0.05, 0) is 24.7 Å². The number of rotatable bonds is 6. The molecular formula is C14H19N3O2S. The first kappa shape index (κ1) is 14.9. The van der Waals surface area contributed by atoms with E-state index in [1.54, 1.807) is 23.5 Å². The number of benzene rings is 1. The fourth-order valence-electron chi connectivity index (χ4n) is 2.07. The Labute approximate surface area is 122 Å². The molecule has 0 aliphatic carbocycles. The summed E-state index contributed by atoms with van der Waals surface area (Å²) in [5.74, 6) is 0.235. The first-order valence-electron chi connectivity index (χ1n) is 6.40. The van der Waals surface area contributed by atoms with Crippen LogP contribution >= 0.6 is 11.3 Å². The first-order chi connectivity index (χ1) is 9.65. The number of aromatic nitrogens is 1. The van der Waals surface area contributed by atoms with Gasteiger partial charge in [-0.3, -0.25) is 4.90 Å². The lowest BCUT2D eigenvalue weighted by Gasteiger charge is -2.26. The van der Waals surface area contributed by atoms with Gasteiger partial charge in [0.2, 0.25) is 0 Å². The third-order valence-corrected chi connectivity index (χ3v) is 4.06. The molecule has 2 rings (SSSR count). The zero-order chi connectivity index (χ0) is 14.5. The molecule has 1 aromatic carbocycles. The van der Waals surface area contributed by atoms with Gasteiger partial charge >= 0.3 is 0 Å². The largest absolute Gasteiger partial charge is 0.508 e. The topological polar surface area (TPSA) is 82.6 Å². The van der Waals surface area contributed by atoms with Crippen LogP contribution in [0.1, 0.15) is 22.3 Å². The van der Waals surface area contributed by atoms with Crippen molar-refractivity contribution in [3.8, 4) is 5.75 Å². The number of aliphatic hydroxyl groups excluding tert-OH is 1. The van der Waals surface area contributed by atoms with Crippen molar-refractivity contribution in [2.24, 2.45) is 5.73 Å². The van der Waals surface area contributed by atoms with Crippen molar-refractivity contribution in [3.63, 3.8) is 0 Å². The molecule has 0 saturated carbocycles. The minimum Gasteiger partial charge on any atom is -0.508 e. The van der Waals surface area contributed by atoms with Gasteiger partial charge in [-0.15, -0.1) is 11.3 Å². The van der Waals surface area contributed by atoms with E-state index in [4.69, 9.17) is 10.8 Å². The van der Waals surface area contributed by atoms with E-state index in [0.717, 1.165) is 16.3 Å². The summed E-state index contributed by atoms with van der Waals surface area (Å²) in [4.78, 5) is 6.57. The van der Waals surface area contributed by atoms with Gasteiger partial charge < -0.3 is 15.9 Å². The molecule has 1 heterocycles. The Bertz CT molecular complexity index is 542. The highest BCUT2D eigenvalue weighted by Crippen LogP contribution is 2.30. The highest BCUT2D eigenvalue weighted by atomic mass is 32.1. The van der Waals surface area contributed by atoms with Crippen molar-refractivity contribution in [3.05, 3.63) is 45.9 Å². The fraction of sp³-hybridized carbons (Fsp3) is 0.357. The van der Waals surface area contributed by atoms with Crippen LogP contribution in [0.3, 0.4) is 0 Å². The number of phenolic OH excluding ortho intramolecular Hbond substituents is 1. The van der Waals surface area contributed by atoms with Crippen molar-refractivity contribution >= 4 is 11.3 Å². The standard InChI is InChI=1S/C14H19N3O2S/c1-17(6-7-18)13(10-2-4-12(19)5-3-10)14-16-11(8-15)9-20-14/h2-5,9,13,18-19H,6-8,15H2,1H3. The van der Waals surface area contributed by atoms with E-state index < -0.39 is 0 Å². The molecule has 0 bridgehead atoms. The van der Waals surface area contributed by atoms with Crippen molar-refractivity contribution in [1.82, 2.24) is 9.88 Å². The van der Waals surface area contributed by atoms with E-state index in [9.17, 15) is 5.11 Å². The van der Waals surface area contributed by atoms with E-state index in [2.05, 4.69) is 4.98 Å². The van der Waals surface area contributed by atoms with Crippen molar-refractivity contribution in [2.75, 3.05) is 20.2 Å². The van der Waals surface area contributed by atoms with E-state index in [0.29, 0.717) is 13.1 Å². The minimum atomic E-state index is -0.0481. The Balaban J connectivity index is 2.35. The summed E-state index contributed by atoms with van der Waals surface area (Å²) in [5, 5.41) is 21.5. The van der Waals surface area contributed by atoms with E-state index >= 15 is 0 Å². The molecule has 0 saturated heterocycles. The normalized spacial score (nSPS) is 12.8. The summed E-state index contributed by atoms with van der Waals surface area (Å²) in [6.45, 7) is 1.05. The molecule has 1 unspecified atom stereocenters. The summed E-state index contributed by atoms with van der Waals surface area (Å²) in [5.41, 5.74) is 7.51. The van der Waals surface area contributed by atoms with E-state index in [-0.39, 0.29) is 18.4 Å². The molecule has 4 N–H and O–H groups in total. The van der Waals surface area contributed by atoms with Crippen LogP contribution in [0.4, 0.5) is 0 Å². The van der Waals surface area contributed by atoms with Crippen molar-refractivity contribution in [1.29, 1.82) is 0 Å². The van der Waals surface area contributed by atoms with Gasteiger partial charge in [0.05, 0.1) is 18.3 Å². The number of likely N-dealkylation sites (N-methyl/N-ethyl adjacent to an activating group) is 1. The second kappa shape index (κ2) is 6.81. The molecule has 1 atom stereocenters. The summed E-state index contributed by atoms with van der Waals surface area (Å²) in [7, 11) is 1.94. The van der Waals surface area contributed by atoms with Crippen molar-refractivity contribution in [2.45, 2.75) is 12.6 Å². The average Bonchev–Trinajstić information content (AvgIpc) is 2.90. The number of nitrogens with two attached hydrogens (primary N) is 1. The lowest BCUT2D eigenvalue weighted by molar-refractivity contribution is 0.197. The van der Waals surface area contributed by atoms with Crippen LogP contribution in [0.25, 0.3) is 0 Å². The van der Waals surface area contributed by atoms with Gasteiger partial charge in [0, 0.05) is 18.5 Å². The van der Waals surface area contributed by atoms with E-state index in [1.165, 1.54) is 0 Å². The second-order valence-electron chi connectivity index (χ2n) is 4.58. The monoisotopic (exact) mass is 293 g/mol. The number of phenols is 1. The van der Waals surface area contributed by atoms with Crippen LogP contribution in [-0.4, -0.2) is 40.3 Å². The van der Waals surface area contributed by atoms with Crippen LogP contribution in [-0.2, 0) is 6.54 Å². The van der Waals surface area contributed by atoms with Gasteiger partial charge in [-0.1, -0.05) is 12.1 Å². The Hall–Kier alpha value is -1.47. The highest BCUT2D eigenvalue weighted by molar-refractivity contribution is 7.09. The molecule has 1 aromatic heterocycles. The quantitative estimate of drug-likeness (QED) is 0.748. The maximum Gasteiger partial charge on any atom is 0.115 e. The van der Waals surface area contributed by atoms with Gasteiger partial charge in [0.25, 0.3) is 0 Å². The summed E-state index contributed by atoms with van der Waals surface area (Å²) < 4.78 is 0. The lowest BCUT2D eigenvalue weighted by Crippen LogP contribution is -2.28. The van der Waals surface area contributed by atoms with E-state index in [1.807, 2.05) is 29.5 Å². The van der Waals surface area contributed by atoms with Gasteiger partial charge in [0.1, 0.15) is 10.8 Å². The predicted octanol–water partition coefficient (Wildman–Crippen LogP) is 1.32. The lowest BCUT2D eigenvalue weighted by atomic mass is 10.1. The number of thiazole rings is 1. The molecule has 5 nitrogen and oxygen atoms in total. The fourth-order valence-corrected chi connectivity index (χ4v) is 3.09. The molecule has 2 aromatic rings. The number of hydrogen-bond donors (Lipinski definition) is 3. The van der Waals surface area contributed by atoms with Crippen molar-refractivity contribution < 1.29 is 10.2 Å². The molecule has 0 radical (unpaired) electrons. The molecule has 0 aliphatic rings. The Morgan fingerprint density at radius 1 is 1.35 bits per heavy atom. The Morgan fingerprint density at radius 3 is 2.60 bits per heavy atom. The predicted molar refractivity (Wildman–Crippen MR) is 79.7 cm³/mol. The molecule has 6 heteroatoms. The van der Waals surface area contributed by atoms with Crippen LogP contribution in [0.5, 0.6) is 5.75 Å².